The van der Waals surface area contributed by atoms with Gasteiger partial charge in [0.25, 0.3) is 0 Å². The summed E-state index contributed by atoms with van der Waals surface area (Å²) in [5, 5.41) is 26.5. The van der Waals surface area contributed by atoms with Gasteiger partial charge in [0.05, 0.1) is 24.4 Å². The van der Waals surface area contributed by atoms with E-state index in [1.165, 1.54) is 0 Å². The highest BCUT2D eigenvalue weighted by atomic mass is 16.3. The highest BCUT2D eigenvalue weighted by molar-refractivity contribution is 4.97. The van der Waals surface area contributed by atoms with E-state index in [0.29, 0.717) is 12.1 Å². The van der Waals surface area contributed by atoms with Crippen LogP contribution < -0.4 is 0 Å². The zero-order chi connectivity index (χ0) is 10.7. The van der Waals surface area contributed by atoms with Gasteiger partial charge < -0.3 is 10.2 Å². The molecule has 5 nitrogen and oxygen atoms in total. The van der Waals surface area contributed by atoms with E-state index in [1.54, 1.807) is 17.8 Å². The molecular weight excluding hydrogens is 182 g/mol. The van der Waals surface area contributed by atoms with Crippen LogP contribution in [0.1, 0.15) is 45.0 Å². The van der Waals surface area contributed by atoms with Crippen molar-refractivity contribution in [1.82, 2.24) is 15.0 Å². The summed E-state index contributed by atoms with van der Waals surface area (Å²) in [6.07, 6.45) is 1.24. The molecule has 80 valence electrons. The molecule has 3 unspecified atom stereocenters. The summed E-state index contributed by atoms with van der Waals surface area (Å²) >= 11 is 0. The first kappa shape index (κ1) is 11.1. The van der Waals surface area contributed by atoms with Gasteiger partial charge in [0.2, 0.25) is 0 Å². The van der Waals surface area contributed by atoms with Gasteiger partial charge in [-0.1, -0.05) is 12.1 Å². The van der Waals surface area contributed by atoms with Crippen LogP contribution in [0.5, 0.6) is 0 Å². The summed E-state index contributed by atoms with van der Waals surface area (Å²) in [4.78, 5) is 0. The van der Waals surface area contributed by atoms with Crippen molar-refractivity contribution < 1.29 is 10.2 Å². The topological polar surface area (TPSA) is 71.2 Å². The van der Waals surface area contributed by atoms with Gasteiger partial charge in [-0.2, -0.15) is 0 Å². The first-order valence-corrected chi connectivity index (χ1v) is 4.84. The van der Waals surface area contributed by atoms with Crippen molar-refractivity contribution in [3.63, 3.8) is 0 Å². The molecular formula is C9H17N3O2. The molecule has 0 fully saturated rings. The van der Waals surface area contributed by atoms with Crippen LogP contribution in [0.25, 0.3) is 0 Å². The van der Waals surface area contributed by atoms with Crippen molar-refractivity contribution in [2.75, 3.05) is 0 Å². The number of aliphatic hydroxyl groups is 2. The van der Waals surface area contributed by atoms with Crippen molar-refractivity contribution in [1.29, 1.82) is 0 Å². The van der Waals surface area contributed by atoms with Crippen molar-refractivity contribution in [3.05, 3.63) is 11.9 Å². The minimum Gasteiger partial charge on any atom is -0.391 e. The Morgan fingerprint density at radius 1 is 1.43 bits per heavy atom. The Bertz CT molecular complexity index is 285. The Morgan fingerprint density at radius 2 is 2.07 bits per heavy atom. The predicted molar refractivity (Wildman–Crippen MR) is 51.7 cm³/mol. The predicted octanol–water partition coefficient (Wildman–Crippen LogP) is 0.663. The molecule has 0 aliphatic heterocycles. The summed E-state index contributed by atoms with van der Waals surface area (Å²) in [6.45, 7) is 5.42. The smallest absolute Gasteiger partial charge is 0.111 e. The molecule has 0 spiro atoms. The van der Waals surface area contributed by atoms with E-state index in [9.17, 15) is 10.2 Å². The fourth-order valence-electron chi connectivity index (χ4n) is 1.07. The van der Waals surface area contributed by atoms with Crippen LogP contribution in [0, 0.1) is 0 Å². The largest absolute Gasteiger partial charge is 0.391 e. The van der Waals surface area contributed by atoms with Crippen molar-refractivity contribution in [2.24, 2.45) is 0 Å². The molecule has 0 bridgehead atoms. The monoisotopic (exact) mass is 199 g/mol. The molecule has 5 heteroatoms. The standard InChI is InChI=1S/C9H17N3O2/c1-4-9(14)8-5-12(11-10-8)6(2)7(3)13/h5-7,9,13-14H,4H2,1-3H3. The molecule has 0 aromatic carbocycles. The lowest BCUT2D eigenvalue weighted by atomic mass is 10.2. The van der Waals surface area contributed by atoms with Gasteiger partial charge in [-0.15, -0.1) is 5.10 Å². The van der Waals surface area contributed by atoms with Gasteiger partial charge in [0, 0.05) is 0 Å². The van der Waals surface area contributed by atoms with E-state index < -0.39 is 12.2 Å². The Morgan fingerprint density at radius 3 is 2.57 bits per heavy atom. The summed E-state index contributed by atoms with van der Waals surface area (Å²) in [5.74, 6) is 0. The number of hydrogen-bond donors (Lipinski definition) is 2. The molecule has 1 aromatic rings. The fraction of sp³-hybridized carbons (Fsp3) is 0.778. The summed E-state index contributed by atoms with van der Waals surface area (Å²) in [7, 11) is 0. The second kappa shape index (κ2) is 4.52. The Kier molecular flexibility index (Phi) is 3.60. The maximum atomic E-state index is 9.48. The van der Waals surface area contributed by atoms with E-state index in [1.807, 2.05) is 13.8 Å². The molecule has 3 atom stereocenters. The first-order valence-electron chi connectivity index (χ1n) is 4.84. The minimum absolute atomic E-state index is 0.125. The maximum Gasteiger partial charge on any atom is 0.111 e. The molecule has 14 heavy (non-hydrogen) atoms. The van der Waals surface area contributed by atoms with Gasteiger partial charge in [0.1, 0.15) is 5.69 Å². The molecule has 0 aliphatic carbocycles. The number of rotatable bonds is 4. The third kappa shape index (κ3) is 2.30. The number of nitrogens with zero attached hydrogens (tertiary/aromatic N) is 3. The van der Waals surface area contributed by atoms with Crippen LogP contribution in [0.2, 0.25) is 0 Å². The highest BCUT2D eigenvalue weighted by Crippen LogP contribution is 2.15. The zero-order valence-corrected chi connectivity index (χ0v) is 8.75. The van der Waals surface area contributed by atoms with Crippen molar-refractivity contribution >= 4 is 0 Å². The third-order valence-corrected chi connectivity index (χ3v) is 2.37. The molecule has 1 rings (SSSR count). The van der Waals surface area contributed by atoms with Gasteiger partial charge in [0.15, 0.2) is 0 Å². The lowest BCUT2D eigenvalue weighted by Gasteiger charge is -2.13. The van der Waals surface area contributed by atoms with E-state index in [2.05, 4.69) is 10.3 Å². The average Bonchev–Trinajstić information content (AvgIpc) is 2.64. The molecule has 1 heterocycles. The molecule has 0 aliphatic rings. The Labute approximate surface area is 83.4 Å². The third-order valence-electron chi connectivity index (χ3n) is 2.37. The van der Waals surface area contributed by atoms with Crippen LogP contribution in [0.4, 0.5) is 0 Å². The average molecular weight is 199 g/mol. The normalized spacial score (nSPS) is 17.8. The molecule has 0 amide bonds. The fourth-order valence-corrected chi connectivity index (χ4v) is 1.07. The number of aliphatic hydroxyl groups excluding tert-OH is 2. The van der Waals surface area contributed by atoms with E-state index >= 15 is 0 Å². The molecule has 0 saturated carbocycles. The quantitative estimate of drug-likeness (QED) is 0.747. The zero-order valence-electron chi connectivity index (χ0n) is 8.75. The van der Waals surface area contributed by atoms with Gasteiger partial charge in [-0.3, -0.25) is 0 Å². The second-order valence-corrected chi connectivity index (χ2v) is 3.53. The van der Waals surface area contributed by atoms with E-state index in [0.717, 1.165) is 0 Å². The summed E-state index contributed by atoms with van der Waals surface area (Å²) < 4.78 is 1.57. The van der Waals surface area contributed by atoms with Crippen LogP contribution in [0.3, 0.4) is 0 Å². The first-order chi connectivity index (χ1) is 6.56. The SMILES string of the molecule is CCC(O)c1cn(C(C)C(C)O)nn1. The van der Waals surface area contributed by atoms with Crippen LogP contribution in [-0.2, 0) is 0 Å². The molecule has 0 radical (unpaired) electrons. The van der Waals surface area contributed by atoms with Crippen LogP contribution >= 0.6 is 0 Å². The van der Waals surface area contributed by atoms with E-state index in [4.69, 9.17) is 0 Å². The maximum absolute atomic E-state index is 9.48. The summed E-state index contributed by atoms with van der Waals surface area (Å²) in [5.41, 5.74) is 0.556. The summed E-state index contributed by atoms with van der Waals surface area (Å²) in [6, 6.07) is -0.125. The second-order valence-electron chi connectivity index (χ2n) is 3.53. The van der Waals surface area contributed by atoms with Gasteiger partial charge >= 0.3 is 0 Å². The highest BCUT2D eigenvalue weighted by Gasteiger charge is 2.15. The Balaban J connectivity index is 2.77. The molecule has 2 N–H and O–H groups in total. The van der Waals surface area contributed by atoms with Crippen molar-refractivity contribution in [3.8, 4) is 0 Å². The van der Waals surface area contributed by atoms with Gasteiger partial charge in [-0.25, -0.2) is 4.68 Å². The lowest BCUT2D eigenvalue weighted by molar-refractivity contribution is 0.131. The minimum atomic E-state index is -0.565. The van der Waals surface area contributed by atoms with Crippen LogP contribution in [0.15, 0.2) is 6.20 Å². The van der Waals surface area contributed by atoms with Crippen molar-refractivity contribution in [2.45, 2.75) is 45.4 Å². The molecule has 0 saturated heterocycles. The lowest BCUT2D eigenvalue weighted by Crippen LogP contribution is -2.18. The van der Waals surface area contributed by atoms with Gasteiger partial charge in [-0.05, 0) is 20.3 Å². The molecule has 1 aromatic heterocycles. The number of hydrogen-bond acceptors (Lipinski definition) is 4. The number of aromatic nitrogens is 3. The Hall–Kier alpha value is -0.940. The van der Waals surface area contributed by atoms with E-state index in [-0.39, 0.29) is 6.04 Å². The van der Waals surface area contributed by atoms with Crippen LogP contribution in [-0.4, -0.2) is 31.3 Å².